The summed E-state index contributed by atoms with van der Waals surface area (Å²) >= 11 is 0. The van der Waals surface area contributed by atoms with Gasteiger partial charge in [-0.25, -0.2) is 15.0 Å². The number of hydrogen-bond acceptors (Lipinski definition) is 5. The first-order valence-electron chi connectivity index (χ1n) is 9.57. The van der Waals surface area contributed by atoms with Crippen LogP contribution in [0.2, 0.25) is 0 Å². The molecule has 1 saturated heterocycles. The van der Waals surface area contributed by atoms with E-state index in [1.165, 1.54) is 0 Å². The second kappa shape index (κ2) is 7.47. The highest BCUT2D eigenvalue weighted by atomic mass is 16.2. The number of amides is 1. The van der Waals surface area contributed by atoms with Crippen molar-refractivity contribution < 1.29 is 4.79 Å². The maximum absolute atomic E-state index is 13.2. The number of piperidine rings is 1. The van der Waals surface area contributed by atoms with Crippen LogP contribution in [0.15, 0.2) is 47.8 Å². The molecule has 3 heterocycles. The van der Waals surface area contributed by atoms with Crippen LogP contribution in [0.4, 0.5) is 5.95 Å². The Labute approximate surface area is 159 Å². The van der Waals surface area contributed by atoms with E-state index in [1.54, 1.807) is 5.01 Å². The minimum absolute atomic E-state index is 0.00700. The third kappa shape index (κ3) is 3.70. The molecule has 1 aromatic carbocycles. The third-order valence-electron chi connectivity index (χ3n) is 5.37. The highest BCUT2D eigenvalue weighted by molar-refractivity contribution is 5.89. The van der Waals surface area contributed by atoms with E-state index in [-0.39, 0.29) is 17.9 Å². The number of carbonyl (C=O) groups excluding carboxylic acids is 1. The van der Waals surface area contributed by atoms with E-state index >= 15 is 0 Å². The molecule has 6 nitrogen and oxygen atoms in total. The quantitative estimate of drug-likeness (QED) is 0.839. The second-order valence-corrected chi connectivity index (χ2v) is 7.47. The number of anilines is 1. The molecule has 1 unspecified atom stereocenters. The van der Waals surface area contributed by atoms with Gasteiger partial charge in [-0.1, -0.05) is 30.3 Å². The van der Waals surface area contributed by atoms with Gasteiger partial charge in [-0.3, -0.25) is 4.79 Å². The molecule has 0 saturated carbocycles. The number of aromatic nitrogens is 2. The molecule has 0 spiro atoms. The summed E-state index contributed by atoms with van der Waals surface area (Å²) in [6.07, 6.45) is 6.11. The lowest BCUT2D eigenvalue weighted by molar-refractivity contribution is -0.138. The van der Waals surface area contributed by atoms with E-state index in [0.717, 1.165) is 55.1 Å². The molecular formula is C21H25N5O. The van der Waals surface area contributed by atoms with Crippen molar-refractivity contribution in [2.24, 2.45) is 11.0 Å². The van der Waals surface area contributed by atoms with Crippen LogP contribution < -0.4 is 4.90 Å². The Bertz CT molecular complexity index is 825. The van der Waals surface area contributed by atoms with Gasteiger partial charge < -0.3 is 4.90 Å². The molecule has 2 aromatic rings. The summed E-state index contributed by atoms with van der Waals surface area (Å²) in [5.74, 6) is 0.904. The fourth-order valence-corrected chi connectivity index (χ4v) is 3.86. The van der Waals surface area contributed by atoms with Gasteiger partial charge in [0.05, 0.1) is 6.04 Å². The highest BCUT2D eigenvalue weighted by Gasteiger charge is 2.36. The smallest absolute Gasteiger partial charge is 0.246 e. The zero-order valence-corrected chi connectivity index (χ0v) is 15.9. The normalized spacial score (nSPS) is 20.7. The molecule has 0 bridgehead atoms. The molecule has 1 amide bonds. The summed E-state index contributed by atoms with van der Waals surface area (Å²) in [5.41, 5.74) is 3.22. The Hall–Kier alpha value is -2.76. The second-order valence-electron chi connectivity index (χ2n) is 7.47. The van der Waals surface area contributed by atoms with Crippen molar-refractivity contribution in [3.63, 3.8) is 0 Å². The first-order valence-corrected chi connectivity index (χ1v) is 9.57. The average Bonchev–Trinajstić information content (AvgIpc) is 3.10. The van der Waals surface area contributed by atoms with Gasteiger partial charge in [-0.15, -0.1) is 0 Å². The molecule has 1 aromatic heterocycles. The first kappa shape index (κ1) is 17.6. The molecule has 1 atom stereocenters. The van der Waals surface area contributed by atoms with Gasteiger partial charge in [-0.05, 0) is 37.8 Å². The number of nitrogens with zero attached hydrogens (tertiary/aromatic N) is 5. The summed E-state index contributed by atoms with van der Waals surface area (Å²) in [6, 6.07) is 10.2. The Balaban J connectivity index is 1.43. The summed E-state index contributed by atoms with van der Waals surface area (Å²) in [7, 11) is 0. The van der Waals surface area contributed by atoms with Gasteiger partial charge >= 0.3 is 0 Å². The molecule has 6 heteroatoms. The summed E-state index contributed by atoms with van der Waals surface area (Å²) in [6.45, 7) is 5.58. The maximum atomic E-state index is 13.2. The Morgan fingerprint density at radius 3 is 2.37 bits per heavy atom. The third-order valence-corrected chi connectivity index (χ3v) is 5.37. The average molecular weight is 363 g/mol. The number of benzene rings is 1. The van der Waals surface area contributed by atoms with Crippen LogP contribution >= 0.6 is 0 Å². The Morgan fingerprint density at radius 1 is 1.04 bits per heavy atom. The molecular weight excluding hydrogens is 338 g/mol. The topological polar surface area (TPSA) is 61.7 Å². The highest BCUT2D eigenvalue weighted by Crippen LogP contribution is 2.33. The standard InChI is InChI=1S/C21H25N5O/c1-15-13-22-21(23-14-15)25-10-8-18(9-11-25)20(27)26-19(12-16(2)24-26)17-6-4-3-5-7-17/h3-7,13-14,18-19H,8-12H2,1-2H3. The van der Waals surface area contributed by atoms with Crippen molar-refractivity contribution in [1.29, 1.82) is 0 Å². The molecule has 0 radical (unpaired) electrons. The maximum Gasteiger partial charge on any atom is 0.246 e. The zero-order valence-electron chi connectivity index (χ0n) is 15.9. The Morgan fingerprint density at radius 2 is 1.70 bits per heavy atom. The molecule has 140 valence electrons. The number of aryl methyl sites for hydroxylation is 1. The summed E-state index contributed by atoms with van der Waals surface area (Å²) in [4.78, 5) is 24.2. The SMILES string of the molecule is CC1=NN(C(=O)C2CCN(c3ncc(C)cn3)CC2)C(c2ccccc2)C1. The predicted molar refractivity (Wildman–Crippen MR) is 105 cm³/mol. The fraction of sp³-hybridized carbons (Fsp3) is 0.429. The molecule has 1 fully saturated rings. The van der Waals surface area contributed by atoms with Crippen LogP contribution in [0.1, 0.15) is 43.4 Å². The van der Waals surface area contributed by atoms with Gasteiger partial charge in [0.25, 0.3) is 0 Å². The van der Waals surface area contributed by atoms with E-state index in [9.17, 15) is 4.79 Å². The molecule has 27 heavy (non-hydrogen) atoms. The number of hydrazone groups is 1. The summed E-state index contributed by atoms with van der Waals surface area (Å²) in [5, 5.41) is 6.30. The van der Waals surface area contributed by atoms with Gasteiger partial charge in [0.1, 0.15) is 0 Å². The zero-order chi connectivity index (χ0) is 18.8. The van der Waals surface area contributed by atoms with Crippen molar-refractivity contribution in [2.45, 2.75) is 39.2 Å². The van der Waals surface area contributed by atoms with Crippen molar-refractivity contribution in [2.75, 3.05) is 18.0 Å². The van der Waals surface area contributed by atoms with Crippen LogP contribution in [0.25, 0.3) is 0 Å². The monoisotopic (exact) mass is 363 g/mol. The van der Waals surface area contributed by atoms with E-state index in [2.05, 4.69) is 32.1 Å². The van der Waals surface area contributed by atoms with Gasteiger partial charge in [0, 0.05) is 43.5 Å². The van der Waals surface area contributed by atoms with E-state index in [0.29, 0.717) is 0 Å². The fourth-order valence-electron chi connectivity index (χ4n) is 3.86. The molecule has 2 aliphatic rings. The van der Waals surface area contributed by atoms with E-state index in [1.807, 2.05) is 44.4 Å². The summed E-state index contributed by atoms with van der Waals surface area (Å²) < 4.78 is 0. The van der Waals surface area contributed by atoms with Gasteiger partial charge in [0.15, 0.2) is 0 Å². The number of carbonyl (C=O) groups is 1. The van der Waals surface area contributed by atoms with Gasteiger partial charge in [0.2, 0.25) is 11.9 Å². The van der Waals surface area contributed by atoms with Crippen LogP contribution in [0.3, 0.4) is 0 Å². The molecule has 0 aliphatic carbocycles. The molecule has 2 aliphatic heterocycles. The van der Waals surface area contributed by atoms with Crippen LogP contribution in [0.5, 0.6) is 0 Å². The number of hydrogen-bond donors (Lipinski definition) is 0. The minimum Gasteiger partial charge on any atom is -0.341 e. The minimum atomic E-state index is 0.00700. The van der Waals surface area contributed by atoms with Crippen molar-refractivity contribution in [3.8, 4) is 0 Å². The van der Waals surface area contributed by atoms with Crippen molar-refractivity contribution in [3.05, 3.63) is 53.9 Å². The van der Waals surface area contributed by atoms with Gasteiger partial charge in [-0.2, -0.15) is 5.10 Å². The van der Waals surface area contributed by atoms with Crippen molar-refractivity contribution in [1.82, 2.24) is 15.0 Å². The van der Waals surface area contributed by atoms with Crippen LogP contribution in [0, 0.1) is 12.8 Å². The lowest BCUT2D eigenvalue weighted by atomic mass is 9.94. The first-order chi connectivity index (χ1) is 13.1. The van der Waals surface area contributed by atoms with Crippen LogP contribution in [-0.2, 0) is 4.79 Å². The van der Waals surface area contributed by atoms with Crippen molar-refractivity contribution >= 4 is 17.6 Å². The van der Waals surface area contributed by atoms with Crippen LogP contribution in [-0.4, -0.2) is 39.7 Å². The lowest BCUT2D eigenvalue weighted by Gasteiger charge is -2.33. The van der Waals surface area contributed by atoms with E-state index in [4.69, 9.17) is 0 Å². The predicted octanol–water partition coefficient (Wildman–Crippen LogP) is 3.35. The molecule has 4 rings (SSSR count). The number of rotatable bonds is 3. The lowest BCUT2D eigenvalue weighted by Crippen LogP contribution is -2.41. The largest absolute Gasteiger partial charge is 0.341 e. The van der Waals surface area contributed by atoms with E-state index < -0.39 is 0 Å². The molecule has 0 N–H and O–H groups in total. The Kier molecular flexibility index (Phi) is 4.88.